The second kappa shape index (κ2) is 4.42. The molecule has 2 aliphatic carbocycles. The maximum Gasteiger partial charge on any atom is 0.231 e. The second-order valence-electron chi connectivity index (χ2n) is 6.26. The fourth-order valence-corrected chi connectivity index (χ4v) is 3.89. The molecule has 0 radical (unpaired) electrons. The summed E-state index contributed by atoms with van der Waals surface area (Å²) in [5.41, 5.74) is 8.57. The molecule has 4 nitrogen and oxygen atoms in total. The highest BCUT2D eigenvalue weighted by molar-refractivity contribution is 5.54. The summed E-state index contributed by atoms with van der Waals surface area (Å²) in [5, 5.41) is 4.14. The molecular weight excluding hydrogens is 250 g/mol. The zero-order valence-electron chi connectivity index (χ0n) is 11.6. The number of hydrogen-bond donors (Lipinski definition) is 1. The molecule has 0 spiro atoms. The van der Waals surface area contributed by atoms with Crippen LogP contribution in [0.25, 0.3) is 11.4 Å². The molecule has 2 aromatic rings. The molecule has 2 saturated carbocycles. The Morgan fingerprint density at radius 1 is 1.15 bits per heavy atom. The highest BCUT2D eigenvalue weighted by atomic mass is 16.5. The van der Waals surface area contributed by atoms with Crippen LogP contribution in [0.15, 0.2) is 28.8 Å². The van der Waals surface area contributed by atoms with Crippen LogP contribution >= 0.6 is 0 Å². The van der Waals surface area contributed by atoms with Crippen LogP contribution in [0.1, 0.15) is 36.6 Å². The third-order valence-corrected chi connectivity index (χ3v) is 5.02. The lowest BCUT2D eigenvalue weighted by atomic mass is 9.85. The monoisotopic (exact) mass is 269 g/mol. The van der Waals surface area contributed by atoms with Gasteiger partial charge in [0.05, 0.1) is 5.92 Å². The van der Waals surface area contributed by atoms with Crippen molar-refractivity contribution in [2.24, 2.45) is 17.6 Å². The van der Waals surface area contributed by atoms with Crippen LogP contribution in [0.5, 0.6) is 0 Å². The van der Waals surface area contributed by atoms with Gasteiger partial charge in [-0.25, -0.2) is 0 Å². The van der Waals surface area contributed by atoms with E-state index in [1.54, 1.807) is 0 Å². The van der Waals surface area contributed by atoms with Crippen molar-refractivity contribution < 1.29 is 4.52 Å². The van der Waals surface area contributed by atoms with E-state index in [2.05, 4.69) is 29.2 Å². The number of hydrogen-bond acceptors (Lipinski definition) is 4. The van der Waals surface area contributed by atoms with Crippen LogP contribution < -0.4 is 5.73 Å². The van der Waals surface area contributed by atoms with Crippen LogP contribution in [0.3, 0.4) is 0 Å². The molecule has 1 aromatic heterocycles. The van der Waals surface area contributed by atoms with E-state index >= 15 is 0 Å². The van der Waals surface area contributed by atoms with Gasteiger partial charge in [0, 0.05) is 11.6 Å². The Balaban J connectivity index is 1.64. The average Bonchev–Trinajstić information content (AvgIpc) is 3.14. The molecule has 0 amide bonds. The van der Waals surface area contributed by atoms with Gasteiger partial charge >= 0.3 is 0 Å². The first-order chi connectivity index (χ1) is 9.72. The van der Waals surface area contributed by atoms with E-state index in [1.807, 2.05) is 12.1 Å². The molecule has 1 heterocycles. The van der Waals surface area contributed by atoms with Gasteiger partial charge in [-0.2, -0.15) is 4.98 Å². The van der Waals surface area contributed by atoms with Crippen molar-refractivity contribution in [2.45, 2.75) is 38.1 Å². The van der Waals surface area contributed by atoms with Gasteiger partial charge in [-0.1, -0.05) is 35.0 Å². The molecular formula is C16H19N3O. The van der Waals surface area contributed by atoms with Crippen LogP contribution in [0.4, 0.5) is 0 Å². The van der Waals surface area contributed by atoms with E-state index in [9.17, 15) is 0 Å². The van der Waals surface area contributed by atoms with Gasteiger partial charge in [-0.15, -0.1) is 0 Å². The molecule has 4 rings (SSSR count). The van der Waals surface area contributed by atoms with Crippen molar-refractivity contribution in [1.29, 1.82) is 0 Å². The summed E-state index contributed by atoms with van der Waals surface area (Å²) in [7, 11) is 0. The molecule has 2 fully saturated rings. The molecule has 0 saturated heterocycles. The minimum atomic E-state index is 0.195. The average molecular weight is 269 g/mol. The summed E-state index contributed by atoms with van der Waals surface area (Å²) >= 11 is 0. The molecule has 104 valence electrons. The maximum absolute atomic E-state index is 6.34. The molecule has 4 unspecified atom stereocenters. The summed E-state index contributed by atoms with van der Waals surface area (Å²) in [5.74, 6) is 2.97. The molecule has 2 N–H and O–H groups in total. The van der Waals surface area contributed by atoms with Gasteiger partial charge in [-0.3, -0.25) is 0 Å². The van der Waals surface area contributed by atoms with Gasteiger partial charge in [0.25, 0.3) is 0 Å². The first kappa shape index (κ1) is 12.1. The topological polar surface area (TPSA) is 64.9 Å². The van der Waals surface area contributed by atoms with Gasteiger partial charge in [-0.05, 0) is 38.0 Å². The van der Waals surface area contributed by atoms with Crippen LogP contribution in [-0.4, -0.2) is 16.2 Å². The zero-order valence-corrected chi connectivity index (χ0v) is 11.6. The summed E-state index contributed by atoms with van der Waals surface area (Å²) < 4.78 is 5.52. The van der Waals surface area contributed by atoms with Gasteiger partial charge in [0.15, 0.2) is 0 Å². The summed E-state index contributed by atoms with van der Waals surface area (Å²) in [4.78, 5) is 4.60. The van der Waals surface area contributed by atoms with E-state index < -0.39 is 0 Å². The smallest absolute Gasteiger partial charge is 0.231 e. The number of fused-ring (bicyclic) bond motifs is 2. The van der Waals surface area contributed by atoms with Gasteiger partial charge in [0.1, 0.15) is 0 Å². The first-order valence-corrected chi connectivity index (χ1v) is 7.38. The van der Waals surface area contributed by atoms with Crippen molar-refractivity contribution in [3.05, 3.63) is 35.7 Å². The van der Waals surface area contributed by atoms with E-state index in [0.29, 0.717) is 17.7 Å². The summed E-state index contributed by atoms with van der Waals surface area (Å²) in [6.07, 6.45) is 3.75. The third kappa shape index (κ3) is 1.79. The third-order valence-electron chi connectivity index (χ3n) is 5.02. The van der Waals surface area contributed by atoms with Crippen molar-refractivity contribution >= 4 is 0 Å². The van der Waals surface area contributed by atoms with Crippen molar-refractivity contribution in [2.75, 3.05) is 0 Å². The zero-order chi connectivity index (χ0) is 13.7. The fourth-order valence-electron chi connectivity index (χ4n) is 3.89. The van der Waals surface area contributed by atoms with Crippen LogP contribution in [0, 0.1) is 18.8 Å². The Kier molecular flexibility index (Phi) is 2.67. The second-order valence-corrected chi connectivity index (χ2v) is 6.26. The Morgan fingerprint density at radius 2 is 1.90 bits per heavy atom. The fraction of sp³-hybridized carbons (Fsp3) is 0.500. The highest BCUT2D eigenvalue weighted by Gasteiger charge is 2.48. The Labute approximate surface area is 118 Å². The van der Waals surface area contributed by atoms with Gasteiger partial charge in [0.2, 0.25) is 11.7 Å². The minimum absolute atomic E-state index is 0.195. The molecule has 1 aromatic carbocycles. The van der Waals surface area contributed by atoms with E-state index in [-0.39, 0.29) is 12.0 Å². The quantitative estimate of drug-likeness (QED) is 0.910. The lowest BCUT2D eigenvalue weighted by molar-refractivity contribution is 0.279. The standard InChI is InChI=1S/C16H19N3O/c1-9-2-4-10(5-3-9)15-18-16(20-19-15)13-11-6-7-12(8-11)14(13)17/h2-5,11-14H,6-8,17H2,1H3. The predicted molar refractivity (Wildman–Crippen MR) is 76.0 cm³/mol. The SMILES string of the molecule is Cc1ccc(-c2noc(C3C4CCC(C4)C3N)n2)cc1. The normalized spacial score (nSPS) is 31.9. The Bertz CT molecular complexity index is 617. The predicted octanol–water partition coefficient (Wildman–Crippen LogP) is 2.89. The number of nitrogens with zero attached hydrogens (tertiary/aromatic N) is 2. The minimum Gasteiger partial charge on any atom is -0.339 e. The van der Waals surface area contributed by atoms with Gasteiger partial charge < -0.3 is 10.3 Å². The van der Waals surface area contributed by atoms with E-state index in [0.717, 1.165) is 11.5 Å². The number of aromatic nitrogens is 2. The summed E-state index contributed by atoms with van der Waals surface area (Å²) in [6.45, 7) is 2.07. The number of benzene rings is 1. The van der Waals surface area contributed by atoms with Crippen LogP contribution in [0.2, 0.25) is 0 Å². The molecule has 0 aliphatic heterocycles. The lowest BCUT2D eigenvalue weighted by Gasteiger charge is -2.24. The lowest BCUT2D eigenvalue weighted by Crippen LogP contribution is -2.34. The molecule has 20 heavy (non-hydrogen) atoms. The van der Waals surface area contributed by atoms with Crippen molar-refractivity contribution in [1.82, 2.24) is 10.1 Å². The summed E-state index contributed by atoms with van der Waals surface area (Å²) in [6, 6.07) is 8.39. The number of aryl methyl sites for hydroxylation is 1. The largest absolute Gasteiger partial charge is 0.339 e. The molecule has 2 bridgehead atoms. The first-order valence-electron chi connectivity index (χ1n) is 7.38. The highest BCUT2D eigenvalue weighted by Crippen LogP contribution is 2.51. The Hall–Kier alpha value is -1.68. The molecule has 2 aliphatic rings. The van der Waals surface area contributed by atoms with Crippen molar-refractivity contribution in [3.63, 3.8) is 0 Å². The van der Waals surface area contributed by atoms with E-state index in [4.69, 9.17) is 10.3 Å². The molecule has 4 heteroatoms. The number of nitrogens with two attached hydrogens (primary N) is 1. The Morgan fingerprint density at radius 3 is 2.60 bits per heavy atom. The number of rotatable bonds is 2. The van der Waals surface area contributed by atoms with E-state index in [1.165, 1.54) is 24.8 Å². The van der Waals surface area contributed by atoms with Crippen molar-refractivity contribution in [3.8, 4) is 11.4 Å². The molecule has 4 atom stereocenters. The maximum atomic E-state index is 6.34. The van der Waals surface area contributed by atoms with Crippen LogP contribution in [-0.2, 0) is 0 Å².